The number of hydrogen-bond donors (Lipinski definition) is 4. The molecule has 174 valence electrons. The number of esters is 2. The van der Waals surface area contributed by atoms with E-state index in [1.54, 1.807) is 34.6 Å². The molecular weight excluding hydrogens is 414 g/mol. The third-order valence-electron chi connectivity index (χ3n) is 3.65. The van der Waals surface area contributed by atoms with Crippen LogP contribution in [-0.2, 0) is 28.7 Å². The van der Waals surface area contributed by atoms with Gasteiger partial charge < -0.3 is 30.9 Å². The normalized spacial score (nSPS) is 14.0. The van der Waals surface area contributed by atoms with Gasteiger partial charge in [0.05, 0.1) is 18.6 Å². The van der Waals surface area contributed by atoms with Crippen LogP contribution in [0.5, 0.6) is 0 Å². The average Bonchev–Trinajstić information content (AvgIpc) is 2.68. The van der Waals surface area contributed by atoms with Crippen LogP contribution in [0.4, 0.5) is 0 Å². The van der Waals surface area contributed by atoms with Gasteiger partial charge in [-0.1, -0.05) is 20.8 Å². The summed E-state index contributed by atoms with van der Waals surface area (Å²) in [5.74, 6) is -1.77. The number of aliphatic hydroxyl groups is 1. The van der Waals surface area contributed by atoms with E-state index < -0.39 is 48.5 Å². The monoisotopic (exact) mass is 449 g/mol. The van der Waals surface area contributed by atoms with Crippen molar-refractivity contribution in [3.05, 3.63) is 0 Å². The van der Waals surface area contributed by atoms with Crippen molar-refractivity contribution in [3.8, 4) is 0 Å². The standard InChI is InChI=1S/C19H35N3O7S/c1-6-16(24)29-13(8-28-19(27)11(2)3)9-30-10-14(20)17(25)22-15(7-23)18(26)21-12(4)5/h11-15,23H,6-10,20H2,1-5H3,(H,21,26)(H,22,25)/t13-,14+,15+/m1/s1. The summed E-state index contributed by atoms with van der Waals surface area (Å²) in [6.45, 7) is 7.93. The average molecular weight is 450 g/mol. The molecule has 30 heavy (non-hydrogen) atoms. The Hall–Kier alpha value is -1.85. The first-order valence-electron chi connectivity index (χ1n) is 9.92. The number of rotatable bonds is 14. The van der Waals surface area contributed by atoms with Crippen LogP contribution in [0.15, 0.2) is 0 Å². The fourth-order valence-corrected chi connectivity index (χ4v) is 2.96. The number of aliphatic hydroxyl groups excluding tert-OH is 1. The number of carbonyl (C=O) groups is 4. The third kappa shape index (κ3) is 12.0. The smallest absolute Gasteiger partial charge is 0.308 e. The van der Waals surface area contributed by atoms with E-state index in [0.29, 0.717) is 0 Å². The minimum absolute atomic E-state index is 0.0842. The van der Waals surface area contributed by atoms with Crippen LogP contribution < -0.4 is 16.4 Å². The molecule has 0 aliphatic rings. The maximum Gasteiger partial charge on any atom is 0.308 e. The van der Waals surface area contributed by atoms with Crippen molar-refractivity contribution in [1.29, 1.82) is 0 Å². The first kappa shape index (κ1) is 28.1. The van der Waals surface area contributed by atoms with Gasteiger partial charge in [0.2, 0.25) is 11.8 Å². The number of amides is 2. The number of nitrogens with two attached hydrogens (primary N) is 1. The Labute approximate surface area is 182 Å². The molecule has 2 amide bonds. The second kappa shape index (κ2) is 15.0. The molecule has 0 heterocycles. The SMILES string of the molecule is CCC(=O)O[C@H](COC(=O)C(C)C)CSC[C@H](N)C(=O)N[C@@H](CO)C(=O)NC(C)C. The molecule has 0 bridgehead atoms. The van der Waals surface area contributed by atoms with E-state index in [2.05, 4.69) is 10.6 Å². The van der Waals surface area contributed by atoms with Crippen molar-refractivity contribution in [2.24, 2.45) is 11.7 Å². The molecule has 0 aliphatic carbocycles. The third-order valence-corrected chi connectivity index (χ3v) is 4.86. The fourth-order valence-electron chi connectivity index (χ4n) is 1.99. The van der Waals surface area contributed by atoms with Gasteiger partial charge in [-0.3, -0.25) is 19.2 Å². The van der Waals surface area contributed by atoms with E-state index in [1.807, 2.05) is 0 Å². The van der Waals surface area contributed by atoms with Crippen LogP contribution >= 0.6 is 11.8 Å². The second-order valence-electron chi connectivity index (χ2n) is 7.30. The number of ether oxygens (including phenoxy) is 2. The van der Waals surface area contributed by atoms with Gasteiger partial charge in [-0.15, -0.1) is 0 Å². The Bertz CT molecular complexity index is 572. The Morgan fingerprint density at radius 1 is 1.03 bits per heavy atom. The lowest BCUT2D eigenvalue weighted by Gasteiger charge is -2.21. The zero-order valence-corrected chi connectivity index (χ0v) is 19.1. The maximum absolute atomic E-state index is 12.2. The highest BCUT2D eigenvalue weighted by Crippen LogP contribution is 2.10. The quantitative estimate of drug-likeness (QED) is 0.258. The summed E-state index contributed by atoms with van der Waals surface area (Å²) in [6.07, 6.45) is -0.482. The molecule has 0 spiro atoms. The summed E-state index contributed by atoms with van der Waals surface area (Å²) in [7, 11) is 0. The molecule has 5 N–H and O–H groups in total. The van der Waals surface area contributed by atoms with Crippen molar-refractivity contribution in [3.63, 3.8) is 0 Å². The predicted octanol–water partition coefficient (Wildman–Crippen LogP) is -0.430. The minimum Gasteiger partial charge on any atom is -0.462 e. The van der Waals surface area contributed by atoms with Gasteiger partial charge in [0.1, 0.15) is 18.8 Å². The van der Waals surface area contributed by atoms with Crippen molar-refractivity contribution >= 4 is 35.5 Å². The molecule has 0 fully saturated rings. The van der Waals surface area contributed by atoms with Crippen LogP contribution in [0.2, 0.25) is 0 Å². The zero-order chi connectivity index (χ0) is 23.3. The highest BCUT2D eigenvalue weighted by atomic mass is 32.2. The van der Waals surface area contributed by atoms with E-state index >= 15 is 0 Å². The Kier molecular flexibility index (Phi) is 14.1. The molecule has 0 aromatic rings. The molecule has 0 aromatic carbocycles. The summed E-state index contributed by atoms with van der Waals surface area (Å²) in [5, 5.41) is 14.3. The largest absolute Gasteiger partial charge is 0.462 e. The van der Waals surface area contributed by atoms with E-state index in [4.69, 9.17) is 15.2 Å². The van der Waals surface area contributed by atoms with Gasteiger partial charge in [-0.2, -0.15) is 11.8 Å². The number of hydrogen-bond acceptors (Lipinski definition) is 9. The summed E-state index contributed by atoms with van der Waals surface area (Å²) >= 11 is 1.25. The molecule has 10 nitrogen and oxygen atoms in total. The van der Waals surface area contributed by atoms with Gasteiger partial charge >= 0.3 is 11.9 Å². The Morgan fingerprint density at radius 3 is 2.17 bits per heavy atom. The van der Waals surface area contributed by atoms with Crippen molar-refractivity contribution in [2.45, 2.75) is 65.3 Å². The number of nitrogens with one attached hydrogen (secondary N) is 2. The Balaban J connectivity index is 4.60. The van der Waals surface area contributed by atoms with Crippen LogP contribution in [0, 0.1) is 5.92 Å². The molecule has 3 atom stereocenters. The molecule has 0 unspecified atom stereocenters. The lowest BCUT2D eigenvalue weighted by atomic mass is 10.2. The van der Waals surface area contributed by atoms with Gasteiger partial charge in [-0.05, 0) is 13.8 Å². The summed E-state index contributed by atoms with van der Waals surface area (Å²) in [5.41, 5.74) is 5.86. The first-order valence-corrected chi connectivity index (χ1v) is 11.1. The van der Waals surface area contributed by atoms with Crippen LogP contribution in [0.3, 0.4) is 0 Å². The summed E-state index contributed by atoms with van der Waals surface area (Å²) in [4.78, 5) is 47.3. The van der Waals surface area contributed by atoms with E-state index in [-0.39, 0.29) is 36.5 Å². The Morgan fingerprint density at radius 2 is 1.67 bits per heavy atom. The first-order chi connectivity index (χ1) is 14.0. The van der Waals surface area contributed by atoms with Crippen LogP contribution in [0.25, 0.3) is 0 Å². The van der Waals surface area contributed by atoms with Crippen LogP contribution in [0.1, 0.15) is 41.0 Å². The molecular formula is C19H35N3O7S. The van der Waals surface area contributed by atoms with Gasteiger partial charge in [0.25, 0.3) is 0 Å². The van der Waals surface area contributed by atoms with Crippen molar-refractivity contribution in [1.82, 2.24) is 10.6 Å². The lowest BCUT2D eigenvalue weighted by molar-refractivity contribution is -0.159. The second-order valence-corrected chi connectivity index (χ2v) is 8.38. The molecule has 0 radical (unpaired) electrons. The highest BCUT2D eigenvalue weighted by Gasteiger charge is 2.24. The summed E-state index contributed by atoms with van der Waals surface area (Å²) < 4.78 is 10.4. The van der Waals surface area contributed by atoms with Gasteiger partial charge in [0.15, 0.2) is 0 Å². The number of thioether (sulfide) groups is 1. The molecule has 0 saturated heterocycles. The maximum atomic E-state index is 12.2. The minimum atomic E-state index is -1.09. The highest BCUT2D eigenvalue weighted by molar-refractivity contribution is 7.99. The van der Waals surface area contributed by atoms with E-state index in [9.17, 15) is 24.3 Å². The number of carbonyl (C=O) groups excluding carboxylic acids is 4. The fraction of sp³-hybridized carbons (Fsp3) is 0.789. The van der Waals surface area contributed by atoms with Crippen molar-refractivity contribution < 1.29 is 33.8 Å². The predicted molar refractivity (Wildman–Crippen MR) is 114 cm³/mol. The van der Waals surface area contributed by atoms with Crippen molar-refractivity contribution in [2.75, 3.05) is 24.7 Å². The molecule has 0 aliphatic heterocycles. The molecule has 11 heteroatoms. The van der Waals surface area contributed by atoms with Gasteiger partial charge in [0, 0.05) is 24.0 Å². The molecule has 0 rings (SSSR count). The summed E-state index contributed by atoms with van der Waals surface area (Å²) in [6, 6.07) is -2.18. The van der Waals surface area contributed by atoms with E-state index in [0.717, 1.165) is 0 Å². The lowest BCUT2D eigenvalue weighted by Crippen LogP contribution is -2.54. The topological polar surface area (TPSA) is 157 Å². The molecule has 0 saturated carbocycles. The zero-order valence-electron chi connectivity index (χ0n) is 18.3. The van der Waals surface area contributed by atoms with Gasteiger partial charge in [-0.25, -0.2) is 0 Å². The van der Waals surface area contributed by atoms with E-state index in [1.165, 1.54) is 11.8 Å². The molecule has 0 aromatic heterocycles. The van der Waals surface area contributed by atoms with Crippen LogP contribution in [-0.4, -0.2) is 77.8 Å².